The van der Waals surface area contributed by atoms with E-state index in [9.17, 15) is 4.79 Å². The molecule has 1 aliphatic rings. The van der Waals surface area contributed by atoms with Crippen LogP contribution in [0.5, 0.6) is 0 Å². The molecule has 0 heterocycles. The fraction of sp³-hybridized carbons (Fsp3) is 0.923. The highest BCUT2D eigenvalue weighted by Gasteiger charge is 2.51. The van der Waals surface area contributed by atoms with Crippen LogP contribution in [-0.2, 0) is 9.53 Å². The molecule has 1 fully saturated rings. The second kappa shape index (κ2) is 6.36. The van der Waals surface area contributed by atoms with Crippen molar-refractivity contribution < 1.29 is 9.53 Å². The highest BCUT2D eigenvalue weighted by atomic mass is 16.5. The van der Waals surface area contributed by atoms with Gasteiger partial charge in [-0.1, -0.05) is 13.8 Å². The van der Waals surface area contributed by atoms with Crippen LogP contribution in [0, 0.1) is 5.92 Å². The van der Waals surface area contributed by atoms with Crippen molar-refractivity contribution in [2.75, 3.05) is 33.8 Å². The first-order valence-electron chi connectivity index (χ1n) is 6.62. The lowest BCUT2D eigenvalue weighted by Gasteiger charge is -2.35. The van der Waals surface area contributed by atoms with Gasteiger partial charge in [0.2, 0.25) is 0 Å². The Hall–Kier alpha value is -0.610. The third-order valence-corrected chi connectivity index (χ3v) is 3.57. The van der Waals surface area contributed by atoms with Gasteiger partial charge >= 0.3 is 5.97 Å². The van der Waals surface area contributed by atoms with Crippen molar-refractivity contribution in [3.05, 3.63) is 0 Å². The molecule has 0 spiro atoms. The Bertz CT molecular complexity index is 254. The van der Waals surface area contributed by atoms with Crippen molar-refractivity contribution in [3.8, 4) is 0 Å². The molecule has 0 aromatic heterocycles. The van der Waals surface area contributed by atoms with Crippen molar-refractivity contribution in [2.45, 2.75) is 38.6 Å². The van der Waals surface area contributed by atoms with Crippen LogP contribution in [0.25, 0.3) is 0 Å². The van der Waals surface area contributed by atoms with E-state index in [4.69, 9.17) is 4.74 Å². The Morgan fingerprint density at radius 1 is 1.47 bits per heavy atom. The summed E-state index contributed by atoms with van der Waals surface area (Å²) < 4.78 is 5.03. The molecule has 4 nitrogen and oxygen atoms in total. The van der Waals surface area contributed by atoms with Gasteiger partial charge in [-0.2, -0.15) is 0 Å². The highest BCUT2D eigenvalue weighted by molar-refractivity contribution is 5.82. The first-order chi connectivity index (χ1) is 8.10. The van der Waals surface area contributed by atoms with Crippen molar-refractivity contribution in [2.24, 2.45) is 5.92 Å². The first kappa shape index (κ1) is 14.5. The minimum atomic E-state index is -0.491. The molecule has 0 amide bonds. The smallest absolute Gasteiger partial charge is 0.327 e. The number of carbonyl (C=O) groups is 1. The van der Waals surface area contributed by atoms with Crippen molar-refractivity contribution >= 4 is 5.97 Å². The molecule has 17 heavy (non-hydrogen) atoms. The van der Waals surface area contributed by atoms with Crippen molar-refractivity contribution in [1.82, 2.24) is 10.2 Å². The summed E-state index contributed by atoms with van der Waals surface area (Å²) >= 11 is 0. The SMILES string of the molecule is CCCNC(CN(C)CC)(C(=O)OC)C1CC1. The predicted octanol–water partition coefficient (Wildman–Crippen LogP) is 1.26. The predicted molar refractivity (Wildman–Crippen MR) is 68.9 cm³/mol. The number of ether oxygens (including phenoxy) is 1. The summed E-state index contributed by atoms with van der Waals surface area (Å²) in [5, 5.41) is 3.44. The fourth-order valence-corrected chi connectivity index (χ4v) is 2.28. The number of likely N-dealkylation sites (N-methyl/N-ethyl adjacent to an activating group) is 1. The summed E-state index contributed by atoms with van der Waals surface area (Å²) in [4.78, 5) is 14.3. The molecule has 1 N–H and O–H groups in total. The average Bonchev–Trinajstić information content (AvgIpc) is 3.17. The summed E-state index contributed by atoms with van der Waals surface area (Å²) in [5.41, 5.74) is -0.491. The number of nitrogens with one attached hydrogen (secondary N) is 1. The molecular formula is C13H26N2O2. The van der Waals surface area contributed by atoms with Gasteiger partial charge in [0, 0.05) is 6.54 Å². The Morgan fingerprint density at radius 2 is 2.12 bits per heavy atom. The first-order valence-corrected chi connectivity index (χ1v) is 6.62. The molecular weight excluding hydrogens is 216 g/mol. The Labute approximate surface area is 105 Å². The number of methoxy groups -OCH3 is 1. The van der Waals surface area contributed by atoms with Gasteiger partial charge in [0.1, 0.15) is 5.54 Å². The van der Waals surface area contributed by atoms with Crippen molar-refractivity contribution in [1.29, 1.82) is 0 Å². The van der Waals surface area contributed by atoms with E-state index in [1.165, 1.54) is 7.11 Å². The van der Waals surface area contributed by atoms with Gasteiger partial charge in [-0.15, -0.1) is 0 Å². The van der Waals surface area contributed by atoms with Gasteiger partial charge in [-0.25, -0.2) is 4.79 Å². The van der Waals surface area contributed by atoms with Crippen LogP contribution in [-0.4, -0.2) is 50.2 Å². The molecule has 0 bridgehead atoms. The molecule has 0 radical (unpaired) electrons. The number of esters is 1. The zero-order valence-corrected chi connectivity index (χ0v) is 11.6. The van der Waals surface area contributed by atoms with Gasteiger partial charge in [-0.3, -0.25) is 0 Å². The molecule has 0 aromatic carbocycles. The highest BCUT2D eigenvalue weighted by Crippen LogP contribution is 2.41. The maximum Gasteiger partial charge on any atom is 0.327 e. The standard InChI is InChI=1S/C13H26N2O2/c1-5-9-14-13(11-7-8-11,12(16)17-4)10-15(3)6-2/h11,14H,5-10H2,1-4H3. The molecule has 0 aliphatic heterocycles. The summed E-state index contributed by atoms with van der Waals surface area (Å²) in [5.74, 6) is 0.337. The van der Waals surface area contributed by atoms with Gasteiger partial charge in [-0.05, 0) is 45.3 Å². The maximum atomic E-state index is 12.2. The van der Waals surface area contributed by atoms with Gasteiger partial charge in [0.25, 0.3) is 0 Å². The summed E-state index contributed by atoms with van der Waals surface area (Å²) in [6.07, 6.45) is 3.29. The van der Waals surface area contributed by atoms with Crippen LogP contribution in [0.2, 0.25) is 0 Å². The molecule has 100 valence electrons. The minimum absolute atomic E-state index is 0.103. The van der Waals surface area contributed by atoms with E-state index in [-0.39, 0.29) is 5.97 Å². The van der Waals surface area contributed by atoms with Crippen LogP contribution in [0.3, 0.4) is 0 Å². The number of carbonyl (C=O) groups excluding carboxylic acids is 1. The number of hydrogen-bond acceptors (Lipinski definition) is 4. The van der Waals surface area contributed by atoms with E-state index in [2.05, 4.69) is 24.1 Å². The topological polar surface area (TPSA) is 41.6 Å². The zero-order chi connectivity index (χ0) is 12.9. The molecule has 1 rings (SSSR count). The second-order valence-corrected chi connectivity index (χ2v) is 4.99. The maximum absolute atomic E-state index is 12.2. The van der Waals surface area contributed by atoms with E-state index in [0.29, 0.717) is 5.92 Å². The molecule has 0 saturated heterocycles. The third-order valence-electron chi connectivity index (χ3n) is 3.57. The fourth-order valence-electron chi connectivity index (χ4n) is 2.28. The minimum Gasteiger partial charge on any atom is -0.468 e. The zero-order valence-electron chi connectivity index (χ0n) is 11.6. The van der Waals surface area contributed by atoms with Gasteiger partial charge in [0.05, 0.1) is 7.11 Å². The van der Waals surface area contributed by atoms with Gasteiger partial charge in [0.15, 0.2) is 0 Å². The van der Waals surface area contributed by atoms with Crippen LogP contribution < -0.4 is 5.32 Å². The normalized spacial score (nSPS) is 19.1. The molecule has 4 heteroatoms. The lowest BCUT2D eigenvalue weighted by molar-refractivity contribution is -0.150. The lowest BCUT2D eigenvalue weighted by Crippen LogP contribution is -2.60. The Morgan fingerprint density at radius 3 is 2.53 bits per heavy atom. The summed E-state index contributed by atoms with van der Waals surface area (Å²) in [6, 6.07) is 0. The molecule has 1 atom stereocenters. The van der Waals surface area contributed by atoms with Crippen LogP contribution in [0.1, 0.15) is 33.1 Å². The van der Waals surface area contributed by atoms with Gasteiger partial charge < -0.3 is 15.0 Å². The molecule has 1 saturated carbocycles. The number of nitrogens with zero attached hydrogens (tertiary/aromatic N) is 1. The quantitative estimate of drug-likeness (QED) is 0.651. The van der Waals surface area contributed by atoms with Crippen LogP contribution in [0.15, 0.2) is 0 Å². The summed E-state index contributed by atoms with van der Waals surface area (Å²) in [6.45, 7) is 6.77. The van der Waals surface area contributed by atoms with E-state index in [1.54, 1.807) is 0 Å². The molecule has 0 aromatic rings. The third kappa shape index (κ3) is 3.42. The Balaban J connectivity index is 2.81. The molecule has 1 unspecified atom stereocenters. The van der Waals surface area contributed by atoms with E-state index in [1.807, 2.05) is 7.05 Å². The average molecular weight is 242 g/mol. The number of rotatable bonds is 8. The number of hydrogen-bond donors (Lipinski definition) is 1. The summed E-state index contributed by atoms with van der Waals surface area (Å²) in [7, 11) is 3.53. The Kier molecular flexibility index (Phi) is 5.40. The second-order valence-electron chi connectivity index (χ2n) is 4.99. The van der Waals surface area contributed by atoms with E-state index in [0.717, 1.165) is 38.9 Å². The van der Waals surface area contributed by atoms with E-state index >= 15 is 0 Å². The van der Waals surface area contributed by atoms with E-state index < -0.39 is 5.54 Å². The van der Waals surface area contributed by atoms with Crippen LogP contribution >= 0.6 is 0 Å². The van der Waals surface area contributed by atoms with Crippen molar-refractivity contribution in [3.63, 3.8) is 0 Å². The molecule has 1 aliphatic carbocycles. The van der Waals surface area contributed by atoms with Crippen LogP contribution in [0.4, 0.5) is 0 Å². The monoisotopic (exact) mass is 242 g/mol. The lowest BCUT2D eigenvalue weighted by atomic mass is 9.92. The largest absolute Gasteiger partial charge is 0.468 e.